The van der Waals surface area contributed by atoms with Crippen LogP contribution in [0, 0.1) is 0 Å². The Morgan fingerprint density at radius 2 is 2.07 bits per heavy atom. The van der Waals surface area contributed by atoms with Gasteiger partial charge in [-0.05, 0) is 30.2 Å². The third-order valence-electron chi connectivity index (χ3n) is 3.78. The van der Waals surface area contributed by atoms with Crippen LogP contribution in [0.1, 0.15) is 46.2 Å². The van der Waals surface area contributed by atoms with E-state index in [1.165, 1.54) is 11.8 Å². The molecule has 1 fully saturated rings. The Kier molecular flexibility index (Phi) is 7.13. The number of nitrogens with one attached hydrogen (secondary N) is 2. The molecule has 1 aromatic carbocycles. The number of amides is 2. The van der Waals surface area contributed by atoms with Gasteiger partial charge in [0.1, 0.15) is 4.32 Å². The normalized spacial score (nSPS) is 14.7. The summed E-state index contributed by atoms with van der Waals surface area (Å²) in [7, 11) is 0. The molecule has 1 saturated heterocycles. The highest BCUT2D eigenvalue weighted by Crippen LogP contribution is 2.26. The molecule has 7 nitrogen and oxygen atoms in total. The van der Waals surface area contributed by atoms with Gasteiger partial charge in [0.15, 0.2) is 10.8 Å². The van der Waals surface area contributed by atoms with Gasteiger partial charge in [-0.25, -0.2) is 9.78 Å². The minimum absolute atomic E-state index is 0.175. The minimum atomic E-state index is -0.499. The highest BCUT2D eigenvalue weighted by atomic mass is 32.2. The molecule has 10 heteroatoms. The number of esters is 1. The summed E-state index contributed by atoms with van der Waals surface area (Å²) in [4.78, 5) is 40.6. The lowest BCUT2D eigenvalue weighted by Crippen LogP contribution is -2.17. The molecule has 1 aliphatic rings. The maximum absolute atomic E-state index is 12.4. The van der Waals surface area contributed by atoms with Gasteiger partial charge in [0.25, 0.3) is 11.8 Å². The van der Waals surface area contributed by atoms with Crippen LogP contribution in [0.2, 0.25) is 0 Å². The van der Waals surface area contributed by atoms with Gasteiger partial charge in [0.2, 0.25) is 0 Å². The van der Waals surface area contributed by atoms with Crippen molar-refractivity contribution in [1.29, 1.82) is 0 Å². The lowest BCUT2D eigenvalue weighted by atomic mass is 10.1. The lowest BCUT2D eigenvalue weighted by molar-refractivity contribution is -0.115. The summed E-state index contributed by atoms with van der Waals surface area (Å²) in [6.45, 7) is 2.36. The topological polar surface area (TPSA) is 97.4 Å². The van der Waals surface area contributed by atoms with Gasteiger partial charge in [-0.3, -0.25) is 14.9 Å². The Hall–Kier alpha value is -2.56. The number of aromatic nitrogens is 1. The number of thiocarbonyl (C=S) groups is 1. The molecule has 0 bridgehead atoms. The first kappa shape index (κ1) is 21.2. The van der Waals surface area contributed by atoms with Crippen molar-refractivity contribution in [1.82, 2.24) is 10.3 Å². The van der Waals surface area contributed by atoms with Crippen molar-refractivity contribution in [3.63, 3.8) is 0 Å². The van der Waals surface area contributed by atoms with Crippen molar-refractivity contribution in [2.24, 2.45) is 0 Å². The van der Waals surface area contributed by atoms with Crippen LogP contribution in [0.3, 0.4) is 0 Å². The summed E-state index contributed by atoms with van der Waals surface area (Å²) in [5.41, 5.74) is 1.37. The SMILES string of the molecule is CCCCOC(=O)c1csc(NC(=O)c2ccc(/C=C3\SC(=S)NC3=O)cc2)n1. The lowest BCUT2D eigenvalue weighted by Gasteiger charge is -2.03. The third-order valence-corrected chi connectivity index (χ3v) is 5.70. The Morgan fingerprint density at radius 3 is 2.72 bits per heavy atom. The zero-order chi connectivity index (χ0) is 20.8. The van der Waals surface area contributed by atoms with Crippen molar-refractivity contribution >= 4 is 68.6 Å². The van der Waals surface area contributed by atoms with Crippen molar-refractivity contribution in [3.8, 4) is 0 Å². The van der Waals surface area contributed by atoms with Crippen molar-refractivity contribution in [3.05, 3.63) is 51.4 Å². The number of unbranched alkanes of at least 4 members (excludes halogenated alkanes) is 1. The van der Waals surface area contributed by atoms with E-state index in [1.807, 2.05) is 6.92 Å². The zero-order valence-corrected chi connectivity index (χ0v) is 17.8. The van der Waals surface area contributed by atoms with Crippen LogP contribution in [0.5, 0.6) is 0 Å². The smallest absolute Gasteiger partial charge is 0.357 e. The van der Waals surface area contributed by atoms with E-state index in [4.69, 9.17) is 17.0 Å². The van der Waals surface area contributed by atoms with Crippen LogP contribution in [-0.4, -0.2) is 33.7 Å². The number of hydrogen-bond acceptors (Lipinski definition) is 8. The Labute approximate surface area is 180 Å². The summed E-state index contributed by atoms with van der Waals surface area (Å²) in [6.07, 6.45) is 3.43. The molecule has 0 unspecified atom stereocenters. The average molecular weight is 448 g/mol. The Balaban J connectivity index is 1.60. The van der Waals surface area contributed by atoms with E-state index < -0.39 is 5.97 Å². The molecular formula is C19H17N3O4S3. The largest absolute Gasteiger partial charge is 0.461 e. The third kappa shape index (κ3) is 5.72. The molecule has 0 aliphatic carbocycles. The molecule has 1 aromatic heterocycles. The van der Waals surface area contributed by atoms with Crippen LogP contribution in [0.4, 0.5) is 5.13 Å². The van der Waals surface area contributed by atoms with Gasteiger partial charge >= 0.3 is 5.97 Å². The number of benzene rings is 1. The van der Waals surface area contributed by atoms with E-state index >= 15 is 0 Å². The summed E-state index contributed by atoms with van der Waals surface area (Å²) in [6, 6.07) is 6.75. The number of hydrogen-bond donors (Lipinski definition) is 2. The molecule has 0 radical (unpaired) electrons. The van der Waals surface area contributed by atoms with Crippen LogP contribution in [0.15, 0.2) is 34.6 Å². The number of carbonyl (C=O) groups is 3. The zero-order valence-electron chi connectivity index (χ0n) is 15.4. The fraction of sp³-hybridized carbons (Fsp3) is 0.211. The second-order valence-electron chi connectivity index (χ2n) is 5.96. The van der Waals surface area contributed by atoms with Crippen LogP contribution >= 0.6 is 35.3 Å². The van der Waals surface area contributed by atoms with Gasteiger partial charge in [0, 0.05) is 10.9 Å². The maximum atomic E-state index is 12.4. The molecule has 2 heterocycles. The molecule has 2 N–H and O–H groups in total. The molecule has 0 saturated carbocycles. The van der Waals surface area contributed by atoms with E-state index in [1.54, 1.807) is 35.7 Å². The standard InChI is InChI=1S/C19H17N3O4S3/c1-2-3-8-26-17(25)13-10-28-18(20-13)21-15(23)12-6-4-11(5-7-12)9-14-16(24)22-19(27)29-14/h4-7,9-10H,2-3,8H2,1H3,(H,20,21,23)(H,22,24,27)/b14-9-. The second kappa shape index (κ2) is 9.77. The molecule has 29 heavy (non-hydrogen) atoms. The molecule has 0 spiro atoms. The summed E-state index contributed by atoms with van der Waals surface area (Å²) < 4.78 is 5.53. The van der Waals surface area contributed by atoms with Gasteiger partial charge in [-0.2, -0.15) is 0 Å². The number of rotatable bonds is 7. The van der Waals surface area contributed by atoms with Crippen molar-refractivity contribution in [2.45, 2.75) is 19.8 Å². The van der Waals surface area contributed by atoms with Crippen molar-refractivity contribution < 1.29 is 19.1 Å². The fourth-order valence-corrected chi connectivity index (χ4v) is 4.00. The van der Waals surface area contributed by atoms with Crippen molar-refractivity contribution in [2.75, 3.05) is 11.9 Å². The predicted octanol–water partition coefficient (Wildman–Crippen LogP) is 3.84. The van der Waals surface area contributed by atoms with Crippen LogP contribution in [0.25, 0.3) is 6.08 Å². The first-order valence-corrected chi connectivity index (χ1v) is 10.9. The summed E-state index contributed by atoms with van der Waals surface area (Å²) in [5.74, 6) is -1.07. The molecule has 2 aromatic rings. The monoisotopic (exact) mass is 447 g/mol. The predicted molar refractivity (Wildman–Crippen MR) is 118 cm³/mol. The molecule has 2 amide bonds. The average Bonchev–Trinajstić information content (AvgIpc) is 3.28. The maximum Gasteiger partial charge on any atom is 0.357 e. The van der Waals surface area contributed by atoms with E-state index in [0.717, 1.165) is 29.7 Å². The molecule has 1 aliphatic heterocycles. The van der Waals surface area contributed by atoms with Crippen LogP contribution in [-0.2, 0) is 9.53 Å². The highest BCUT2D eigenvalue weighted by Gasteiger charge is 2.22. The molecular weight excluding hydrogens is 430 g/mol. The highest BCUT2D eigenvalue weighted by molar-refractivity contribution is 8.26. The van der Waals surface area contributed by atoms with Gasteiger partial charge in [-0.15, -0.1) is 11.3 Å². The van der Waals surface area contributed by atoms with E-state index in [2.05, 4.69) is 15.6 Å². The van der Waals surface area contributed by atoms with Gasteiger partial charge < -0.3 is 10.1 Å². The first-order chi connectivity index (χ1) is 14.0. The van der Waals surface area contributed by atoms with Crippen LogP contribution < -0.4 is 10.6 Å². The summed E-state index contributed by atoms with van der Waals surface area (Å²) >= 11 is 7.31. The van der Waals surface area contributed by atoms with Gasteiger partial charge in [-0.1, -0.05) is 49.5 Å². The minimum Gasteiger partial charge on any atom is -0.461 e. The molecule has 150 valence electrons. The number of ether oxygens (including phenoxy) is 1. The molecule has 0 atom stereocenters. The van der Waals surface area contributed by atoms with E-state index in [0.29, 0.717) is 26.5 Å². The van der Waals surface area contributed by atoms with E-state index in [9.17, 15) is 14.4 Å². The number of nitrogens with zero attached hydrogens (tertiary/aromatic N) is 1. The molecule has 3 rings (SSSR count). The quantitative estimate of drug-likeness (QED) is 0.288. The summed E-state index contributed by atoms with van der Waals surface area (Å²) in [5, 5.41) is 7.08. The number of anilines is 1. The number of thioether (sulfide) groups is 1. The first-order valence-electron chi connectivity index (χ1n) is 8.75. The Bertz CT molecular complexity index is 983. The van der Waals surface area contributed by atoms with E-state index in [-0.39, 0.29) is 17.5 Å². The number of carbonyl (C=O) groups excluding carboxylic acids is 3. The second-order valence-corrected chi connectivity index (χ2v) is 8.53. The fourth-order valence-electron chi connectivity index (χ4n) is 2.28. The van der Waals surface area contributed by atoms with Gasteiger partial charge in [0.05, 0.1) is 11.5 Å². The Morgan fingerprint density at radius 1 is 1.31 bits per heavy atom. The number of thiazole rings is 1.